The van der Waals surface area contributed by atoms with E-state index in [1.807, 2.05) is 13.2 Å². The number of pyridine rings is 1. The number of hydrogen-bond donors (Lipinski definition) is 1. The van der Waals surface area contributed by atoms with Crippen LogP contribution in [0.4, 0.5) is 17.5 Å². The number of aryl methyl sites for hydroxylation is 1. The number of rotatable bonds is 6. The highest BCUT2D eigenvalue weighted by atomic mass is 16.2. The molecule has 2 aromatic heterocycles. The minimum absolute atomic E-state index is 0.0776. The number of hydrogen-bond acceptors (Lipinski definition) is 6. The molecule has 0 spiro atoms. The summed E-state index contributed by atoms with van der Waals surface area (Å²) in [5, 5.41) is 3.32. The highest BCUT2D eigenvalue weighted by Crippen LogP contribution is 2.38. The molecule has 2 aliphatic heterocycles. The number of amides is 1. The Morgan fingerprint density at radius 1 is 1.10 bits per heavy atom. The molecule has 30 heavy (non-hydrogen) atoms. The van der Waals surface area contributed by atoms with E-state index in [4.69, 9.17) is 4.98 Å². The minimum atomic E-state index is -0.0776. The van der Waals surface area contributed by atoms with Gasteiger partial charge < -0.3 is 15.1 Å². The maximum Gasteiger partial charge on any atom is 0.249 e. The summed E-state index contributed by atoms with van der Waals surface area (Å²) in [7, 11) is 1.81. The number of anilines is 3. The smallest absolute Gasteiger partial charge is 0.249 e. The third-order valence-corrected chi connectivity index (χ3v) is 6.87. The third-order valence-electron chi connectivity index (χ3n) is 6.87. The van der Waals surface area contributed by atoms with E-state index in [0.29, 0.717) is 12.5 Å². The normalized spacial score (nSPS) is 21.1. The second-order valence-corrected chi connectivity index (χ2v) is 8.85. The standard InChI is InChI=1S/C23H30N6O/c1-28-20-15-26-23(27-21(20)29-12-4-7-19(29)22(28)30)25-14-17-9-11-18(24-13-17)10-8-16-5-2-3-6-16/h9,11,13,15-16,19H,2-8,10,12,14H2,1H3,(H,25,26,27)/t19-/m1/s1. The first-order chi connectivity index (χ1) is 14.7. The molecular weight excluding hydrogens is 376 g/mol. The summed E-state index contributed by atoms with van der Waals surface area (Å²) < 4.78 is 0. The van der Waals surface area contributed by atoms with Gasteiger partial charge in [-0.1, -0.05) is 31.7 Å². The van der Waals surface area contributed by atoms with Crippen molar-refractivity contribution in [2.75, 3.05) is 28.7 Å². The SMILES string of the molecule is CN1C(=O)[C@H]2CCCN2c2nc(NCc3ccc(CCC4CCCC4)nc3)ncc21. The summed E-state index contributed by atoms with van der Waals surface area (Å²) in [6.07, 6.45) is 13.6. The molecule has 0 aromatic carbocycles. The van der Waals surface area contributed by atoms with E-state index in [2.05, 4.69) is 32.3 Å². The number of nitrogens with one attached hydrogen (secondary N) is 1. The Labute approximate surface area is 177 Å². The molecule has 1 aliphatic carbocycles. The van der Waals surface area contributed by atoms with Crippen LogP contribution < -0.4 is 15.1 Å². The Bertz CT molecular complexity index is 908. The van der Waals surface area contributed by atoms with Crippen molar-refractivity contribution in [1.29, 1.82) is 0 Å². The first-order valence-corrected chi connectivity index (χ1v) is 11.3. The number of fused-ring (bicyclic) bond motifs is 3. The molecule has 158 valence electrons. The Hall–Kier alpha value is -2.70. The van der Waals surface area contributed by atoms with Crippen LogP contribution in [0.3, 0.4) is 0 Å². The van der Waals surface area contributed by atoms with Crippen LogP contribution in [0.5, 0.6) is 0 Å². The first kappa shape index (κ1) is 19.3. The van der Waals surface area contributed by atoms with Crippen LogP contribution >= 0.6 is 0 Å². The fourth-order valence-electron chi connectivity index (χ4n) is 5.06. The van der Waals surface area contributed by atoms with Crippen LogP contribution in [0.15, 0.2) is 24.5 Å². The zero-order valence-corrected chi connectivity index (χ0v) is 17.7. The number of nitrogens with zero attached hydrogens (tertiary/aromatic N) is 5. The van der Waals surface area contributed by atoms with E-state index in [1.165, 1.54) is 37.8 Å². The van der Waals surface area contributed by atoms with E-state index in [1.54, 1.807) is 11.1 Å². The Morgan fingerprint density at radius 2 is 1.97 bits per heavy atom. The van der Waals surface area contributed by atoms with Gasteiger partial charge >= 0.3 is 0 Å². The van der Waals surface area contributed by atoms with E-state index in [0.717, 1.165) is 48.8 Å². The van der Waals surface area contributed by atoms with Crippen LogP contribution in [0.25, 0.3) is 0 Å². The summed E-state index contributed by atoms with van der Waals surface area (Å²) in [5.74, 6) is 2.49. The molecule has 0 radical (unpaired) electrons. The molecule has 5 rings (SSSR count). The van der Waals surface area contributed by atoms with Gasteiger partial charge in [0.1, 0.15) is 11.7 Å². The van der Waals surface area contributed by atoms with Crippen molar-refractivity contribution in [3.63, 3.8) is 0 Å². The molecule has 0 bridgehead atoms. The second kappa shape index (κ2) is 8.20. The van der Waals surface area contributed by atoms with Crippen molar-refractivity contribution in [1.82, 2.24) is 15.0 Å². The first-order valence-electron chi connectivity index (χ1n) is 11.3. The van der Waals surface area contributed by atoms with E-state index >= 15 is 0 Å². The van der Waals surface area contributed by atoms with Gasteiger partial charge in [-0.2, -0.15) is 4.98 Å². The fraction of sp³-hybridized carbons (Fsp3) is 0.565. The average molecular weight is 407 g/mol. The summed E-state index contributed by atoms with van der Waals surface area (Å²) in [6.45, 7) is 1.51. The van der Waals surface area contributed by atoms with Crippen LogP contribution in [0.2, 0.25) is 0 Å². The van der Waals surface area contributed by atoms with E-state index in [-0.39, 0.29) is 11.9 Å². The molecule has 7 heteroatoms. The molecule has 7 nitrogen and oxygen atoms in total. The monoisotopic (exact) mass is 406 g/mol. The van der Waals surface area contributed by atoms with Crippen LogP contribution in [0, 0.1) is 5.92 Å². The van der Waals surface area contributed by atoms with Crippen molar-refractivity contribution in [2.45, 2.75) is 64.0 Å². The van der Waals surface area contributed by atoms with Gasteiger partial charge in [-0.15, -0.1) is 0 Å². The maximum atomic E-state index is 12.5. The van der Waals surface area contributed by atoms with Gasteiger partial charge in [0.2, 0.25) is 11.9 Å². The lowest BCUT2D eigenvalue weighted by Gasteiger charge is -2.36. The lowest BCUT2D eigenvalue weighted by molar-refractivity contribution is -0.119. The molecular formula is C23H30N6O. The topological polar surface area (TPSA) is 74.2 Å². The lowest BCUT2D eigenvalue weighted by Crippen LogP contribution is -2.49. The summed E-state index contributed by atoms with van der Waals surface area (Å²) in [4.78, 5) is 30.2. The molecule has 2 aromatic rings. The van der Waals surface area contributed by atoms with Crippen LogP contribution in [-0.2, 0) is 17.8 Å². The number of likely N-dealkylation sites (N-methyl/N-ethyl adjacent to an activating group) is 1. The number of carbonyl (C=O) groups is 1. The maximum absolute atomic E-state index is 12.5. The molecule has 1 amide bonds. The van der Waals surface area contributed by atoms with Gasteiger partial charge in [0.25, 0.3) is 0 Å². The molecule has 1 atom stereocenters. The fourth-order valence-corrected chi connectivity index (χ4v) is 5.06. The van der Waals surface area contributed by atoms with Crippen molar-refractivity contribution in [3.8, 4) is 0 Å². The Morgan fingerprint density at radius 3 is 2.77 bits per heavy atom. The summed E-state index contributed by atoms with van der Waals surface area (Å²) in [6, 6.07) is 4.21. The van der Waals surface area contributed by atoms with Crippen molar-refractivity contribution >= 4 is 23.4 Å². The highest BCUT2D eigenvalue weighted by Gasteiger charge is 2.40. The van der Waals surface area contributed by atoms with Crippen molar-refractivity contribution < 1.29 is 4.79 Å². The highest BCUT2D eigenvalue weighted by molar-refractivity contribution is 6.04. The predicted octanol–water partition coefficient (Wildman–Crippen LogP) is 3.55. The summed E-state index contributed by atoms with van der Waals surface area (Å²) >= 11 is 0. The van der Waals surface area contributed by atoms with E-state index in [9.17, 15) is 4.79 Å². The average Bonchev–Trinajstić information content (AvgIpc) is 3.47. The minimum Gasteiger partial charge on any atom is -0.350 e. The van der Waals surface area contributed by atoms with Gasteiger partial charge in [-0.05, 0) is 43.2 Å². The molecule has 0 unspecified atom stereocenters. The molecule has 1 saturated carbocycles. The van der Waals surface area contributed by atoms with Gasteiger partial charge in [-0.3, -0.25) is 9.78 Å². The Kier molecular flexibility index (Phi) is 5.27. The molecule has 2 fully saturated rings. The number of aromatic nitrogens is 3. The van der Waals surface area contributed by atoms with Gasteiger partial charge in [0.15, 0.2) is 5.82 Å². The molecule has 1 saturated heterocycles. The van der Waals surface area contributed by atoms with Crippen molar-refractivity contribution in [3.05, 3.63) is 35.8 Å². The third kappa shape index (κ3) is 3.73. The van der Waals surface area contributed by atoms with Gasteiger partial charge in [0.05, 0.1) is 6.20 Å². The lowest BCUT2D eigenvalue weighted by atomic mass is 10.0. The zero-order chi connectivity index (χ0) is 20.5. The summed E-state index contributed by atoms with van der Waals surface area (Å²) in [5.41, 5.74) is 3.09. The van der Waals surface area contributed by atoms with Crippen LogP contribution in [0.1, 0.15) is 56.2 Å². The predicted molar refractivity (Wildman–Crippen MR) is 118 cm³/mol. The van der Waals surface area contributed by atoms with E-state index < -0.39 is 0 Å². The quantitative estimate of drug-likeness (QED) is 0.791. The van der Waals surface area contributed by atoms with Gasteiger partial charge in [0, 0.05) is 32.0 Å². The Balaban J connectivity index is 1.21. The second-order valence-electron chi connectivity index (χ2n) is 8.85. The molecule has 3 aliphatic rings. The largest absolute Gasteiger partial charge is 0.350 e. The zero-order valence-electron chi connectivity index (χ0n) is 17.7. The molecule has 1 N–H and O–H groups in total. The van der Waals surface area contributed by atoms with Gasteiger partial charge in [-0.25, -0.2) is 4.98 Å². The van der Waals surface area contributed by atoms with Crippen molar-refractivity contribution in [2.24, 2.45) is 5.92 Å². The van der Waals surface area contributed by atoms with Crippen LogP contribution in [-0.4, -0.2) is 40.5 Å². The number of carbonyl (C=O) groups excluding carboxylic acids is 1. The molecule has 4 heterocycles.